The first kappa shape index (κ1) is 26.4. The first-order valence-electron chi connectivity index (χ1n) is 9.18. The normalized spacial score (nSPS) is 11.4. The molecule has 4 nitrogen and oxygen atoms in total. The van der Waals surface area contributed by atoms with Crippen LogP contribution in [0, 0.1) is 0 Å². The van der Waals surface area contributed by atoms with Gasteiger partial charge in [0.2, 0.25) is 0 Å². The van der Waals surface area contributed by atoms with Crippen LogP contribution in [-0.2, 0) is 14.6 Å². The van der Waals surface area contributed by atoms with Crippen LogP contribution in [0.4, 0.5) is 0 Å². The molecule has 6 heteroatoms. The molecule has 0 unspecified atom stereocenters. The van der Waals surface area contributed by atoms with E-state index in [2.05, 4.69) is 11.1 Å². The number of hydrogen-bond donors (Lipinski definition) is 1. The Balaban J connectivity index is -0.000000735. The fourth-order valence-corrected chi connectivity index (χ4v) is 2.97. The van der Waals surface area contributed by atoms with Gasteiger partial charge >= 0.3 is 48.1 Å². The van der Waals surface area contributed by atoms with E-state index in [9.17, 15) is 8.42 Å². The maximum atomic E-state index is 10.3. The van der Waals surface area contributed by atoms with Crippen molar-refractivity contribution in [3.63, 3.8) is 0 Å². The standard InChI is InChI=1S/C17H36O4S.Ca.2H/c1-2-3-4-5-6-7-8-9-10-11-12-13-14-15-16-17-21-22(18,19)20;;;/h2-17H2,1H3,(H,18,19,20);;;/q;+2;2*-1. The van der Waals surface area contributed by atoms with Gasteiger partial charge in [0.05, 0.1) is 6.61 Å². The van der Waals surface area contributed by atoms with Crippen molar-refractivity contribution in [3.05, 3.63) is 0 Å². The minimum absolute atomic E-state index is 0. The van der Waals surface area contributed by atoms with E-state index < -0.39 is 10.4 Å². The van der Waals surface area contributed by atoms with Crippen LogP contribution in [0.15, 0.2) is 0 Å². The fraction of sp³-hybridized carbons (Fsp3) is 1.00. The van der Waals surface area contributed by atoms with Crippen LogP contribution in [0.2, 0.25) is 0 Å². The van der Waals surface area contributed by atoms with Crippen LogP contribution in [0.1, 0.15) is 106 Å². The summed E-state index contributed by atoms with van der Waals surface area (Å²) in [5.41, 5.74) is 0. The van der Waals surface area contributed by atoms with Gasteiger partial charge in [-0.2, -0.15) is 8.42 Å². The van der Waals surface area contributed by atoms with Crippen LogP contribution in [-0.4, -0.2) is 57.3 Å². The zero-order valence-corrected chi connectivity index (χ0v) is 18.1. The van der Waals surface area contributed by atoms with Gasteiger partial charge < -0.3 is 2.85 Å². The second-order valence-corrected chi connectivity index (χ2v) is 7.29. The van der Waals surface area contributed by atoms with Gasteiger partial charge in [0.25, 0.3) is 0 Å². The molecule has 138 valence electrons. The van der Waals surface area contributed by atoms with Gasteiger partial charge in [0.15, 0.2) is 0 Å². The van der Waals surface area contributed by atoms with E-state index in [-0.39, 0.29) is 47.2 Å². The van der Waals surface area contributed by atoms with Crippen LogP contribution < -0.4 is 0 Å². The van der Waals surface area contributed by atoms with Gasteiger partial charge in [-0.05, 0) is 6.42 Å². The Bertz CT molecular complexity index is 331. The molecule has 0 aromatic carbocycles. The molecule has 0 aliphatic rings. The molecule has 0 bridgehead atoms. The van der Waals surface area contributed by atoms with E-state index in [0.29, 0.717) is 6.42 Å². The van der Waals surface area contributed by atoms with Crippen molar-refractivity contribution in [3.8, 4) is 0 Å². The average Bonchev–Trinajstić information content (AvgIpc) is 2.45. The Morgan fingerprint density at radius 3 is 1.30 bits per heavy atom. The van der Waals surface area contributed by atoms with E-state index in [1.165, 1.54) is 77.0 Å². The van der Waals surface area contributed by atoms with Crippen LogP contribution in [0.3, 0.4) is 0 Å². The average molecular weight is 379 g/mol. The Hall–Kier alpha value is 1.13. The summed E-state index contributed by atoms with van der Waals surface area (Å²) in [4.78, 5) is 0. The SMILES string of the molecule is CCCCCCCCCCCCCCCCCOS(=O)(=O)O.[Ca+2].[H-].[H-]. The summed E-state index contributed by atoms with van der Waals surface area (Å²) in [6, 6.07) is 0. The quantitative estimate of drug-likeness (QED) is 0.205. The second-order valence-electron chi connectivity index (χ2n) is 6.20. The Labute approximate surface area is 177 Å². The summed E-state index contributed by atoms with van der Waals surface area (Å²) in [5.74, 6) is 0. The van der Waals surface area contributed by atoms with Gasteiger partial charge in [-0.3, -0.25) is 4.55 Å². The molecule has 0 fully saturated rings. The van der Waals surface area contributed by atoms with Crippen molar-refractivity contribution in [1.82, 2.24) is 0 Å². The Morgan fingerprint density at radius 2 is 1.00 bits per heavy atom. The molecule has 0 atom stereocenters. The predicted octanol–water partition coefficient (Wildman–Crippen LogP) is 5.52. The molecule has 0 aliphatic heterocycles. The topological polar surface area (TPSA) is 63.6 Å². The minimum atomic E-state index is -4.24. The molecule has 0 saturated carbocycles. The van der Waals surface area contributed by atoms with Crippen molar-refractivity contribution in [2.24, 2.45) is 0 Å². The third-order valence-electron chi connectivity index (χ3n) is 3.98. The zero-order chi connectivity index (χ0) is 16.5. The molecular weight excluding hydrogens is 340 g/mol. The molecule has 0 heterocycles. The summed E-state index contributed by atoms with van der Waals surface area (Å²) >= 11 is 0. The molecule has 0 saturated heterocycles. The van der Waals surface area contributed by atoms with Crippen molar-refractivity contribution in [2.45, 2.75) is 103 Å². The number of unbranched alkanes of at least 4 members (excludes halogenated alkanes) is 14. The first-order valence-corrected chi connectivity index (χ1v) is 10.5. The molecule has 0 radical (unpaired) electrons. The minimum Gasteiger partial charge on any atom is -1.00 e. The van der Waals surface area contributed by atoms with E-state index >= 15 is 0 Å². The van der Waals surface area contributed by atoms with Crippen LogP contribution >= 0.6 is 0 Å². The van der Waals surface area contributed by atoms with Gasteiger partial charge in [-0.1, -0.05) is 96.8 Å². The Morgan fingerprint density at radius 1 is 0.696 bits per heavy atom. The molecule has 0 aromatic rings. The number of rotatable bonds is 17. The van der Waals surface area contributed by atoms with Crippen molar-refractivity contribution in [2.75, 3.05) is 6.61 Å². The van der Waals surface area contributed by atoms with Gasteiger partial charge in [0, 0.05) is 0 Å². The summed E-state index contributed by atoms with van der Waals surface area (Å²) in [7, 11) is -4.24. The van der Waals surface area contributed by atoms with Crippen LogP contribution in [0.25, 0.3) is 0 Å². The summed E-state index contributed by atoms with van der Waals surface area (Å²) in [6.45, 7) is 2.35. The van der Waals surface area contributed by atoms with Gasteiger partial charge in [-0.25, -0.2) is 4.18 Å². The third-order valence-corrected chi connectivity index (χ3v) is 4.44. The van der Waals surface area contributed by atoms with E-state index in [0.717, 1.165) is 12.8 Å². The Kier molecular flexibility index (Phi) is 22.3. The molecule has 0 rings (SSSR count). The molecular formula is C17H38CaO4S. The molecule has 0 amide bonds. The molecule has 23 heavy (non-hydrogen) atoms. The molecule has 0 aromatic heterocycles. The zero-order valence-electron chi connectivity index (χ0n) is 17.1. The van der Waals surface area contributed by atoms with Crippen LogP contribution in [0.5, 0.6) is 0 Å². The summed E-state index contributed by atoms with van der Waals surface area (Å²) < 4.78 is 33.3. The van der Waals surface area contributed by atoms with Crippen molar-refractivity contribution >= 4 is 48.1 Å². The number of hydrogen-bond acceptors (Lipinski definition) is 3. The van der Waals surface area contributed by atoms with E-state index in [4.69, 9.17) is 4.55 Å². The van der Waals surface area contributed by atoms with E-state index in [1.807, 2.05) is 0 Å². The second kappa shape index (κ2) is 19.5. The third kappa shape index (κ3) is 25.5. The predicted molar refractivity (Wildman–Crippen MR) is 100 cm³/mol. The maximum Gasteiger partial charge on any atom is 2.00 e. The maximum absolute atomic E-state index is 10.3. The van der Waals surface area contributed by atoms with Gasteiger partial charge in [0.1, 0.15) is 0 Å². The van der Waals surface area contributed by atoms with Gasteiger partial charge in [-0.15, -0.1) is 0 Å². The summed E-state index contributed by atoms with van der Waals surface area (Å²) in [6.07, 6.45) is 19.0. The fourth-order valence-electron chi connectivity index (χ4n) is 2.64. The molecule has 1 N–H and O–H groups in total. The van der Waals surface area contributed by atoms with Crippen molar-refractivity contribution in [1.29, 1.82) is 0 Å². The smallest absolute Gasteiger partial charge is 1.00 e. The van der Waals surface area contributed by atoms with E-state index in [1.54, 1.807) is 0 Å². The largest absolute Gasteiger partial charge is 2.00 e. The first-order chi connectivity index (χ1) is 10.6. The molecule has 0 spiro atoms. The molecule has 0 aliphatic carbocycles. The monoisotopic (exact) mass is 378 g/mol. The van der Waals surface area contributed by atoms with Crippen molar-refractivity contribution < 1.29 is 20.0 Å². The summed E-state index contributed by atoms with van der Waals surface area (Å²) in [5, 5.41) is 0.